The highest BCUT2D eigenvalue weighted by molar-refractivity contribution is 7.03. The average molecular weight is 314 g/mol. The maximum Gasteiger partial charge on any atom is 0.435 e. The van der Waals surface area contributed by atoms with E-state index in [1.165, 1.54) is 22.3 Å². The first kappa shape index (κ1) is 13.6. The van der Waals surface area contributed by atoms with Crippen molar-refractivity contribution in [1.82, 2.24) is 23.9 Å². The predicted octanol–water partition coefficient (Wildman–Crippen LogP) is 2.33. The van der Waals surface area contributed by atoms with Gasteiger partial charge in [-0.3, -0.25) is 4.68 Å². The smallest absolute Gasteiger partial charge is 0.383 e. The minimum absolute atomic E-state index is 0.124. The van der Waals surface area contributed by atoms with Gasteiger partial charge in [0.15, 0.2) is 11.5 Å². The van der Waals surface area contributed by atoms with Gasteiger partial charge in [-0.25, -0.2) is 4.37 Å². The molecule has 21 heavy (non-hydrogen) atoms. The molecule has 6 nitrogen and oxygen atoms in total. The molecule has 0 amide bonds. The Bertz CT molecular complexity index is 771. The molecule has 2 N–H and O–H groups in total. The van der Waals surface area contributed by atoms with E-state index >= 15 is 0 Å². The first-order valence-corrected chi connectivity index (χ1v) is 6.57. The van der Waals surface area contributed by atoms with Crippen LogP contribution < -0.4 is 5.73 Å². The minimum atomic E-state index is -4.62. The van der Waals surface area contributed by atoms with E-state index in [0.29, 0.717) is 0 Å². The van der Waals surface area contributed by atoms with Crippen LogP contribution in [0.1, 0.15) is 5.69 Å². The van der Waals surface area contributed by atoms with Crippen LogP contribution in [-0.4, -0.2) is 23.9 Å². The molecule has 0 saturated carbocycles. The zero-order valence-electron chi connectivity index (χ0n) is 10.7. The maximum atomic E-state index is 13.2. The minimum Gasteiger partial charge on any atom is -0.383 e. The van der Waals surface area contributed by atoms with Gasteiger partial charge < -0.3 is 5.73 Å². The van der Waals surface area contributed by atoms with Gasteiger partial charge in [-0.05, 0) is 11.5 Å². The summed E-state index contributed by atoms with van der Waals surface area (Å²) in [5, 5.41) is 9.10. The molecule has 0 aromatic carbocycles. The van der Waals surface area contributed by atoms with Gasteiger partial charge in [0.25, 0.3) is 0 Å². The molecule has 0 bridgehead atoms. The number of nitrogens with two attached hydrogens (primary N) is 1. The van der Waals surface area contributed by atoms with Crippen LogP contribution in [-0.2, 0) is 13.2 Å². The molecule has 3 aromatic rings. The Morgan fingerprint density at radius 3 is 2.57 bits per heavy atom. The first-order valence-electron chi connectivity index (χ1n) is 5.73. The molecule has 110 valence electrons. The molecule has 3 aromatic heterocycles. The molecule has 0 atom stereocenters. The quantitative estimate of drug-likeness (QED) is 0.788. The molecule has 3 heterocycles. The Balaban J connectivity index is 2.25. The van der Waals surface area contributed by atoms with E-state index in [9.17, 15) is 13.2 Å². The Morgan fingerprint density at radius 2 is 2.05 bits per heavy atom. The Hall–Kier alpha value is -2.36. The molecular weight excluding hydrogens is 305 g/mol. The van der Waals surface area contributed by atoms with E-state index in [-0.39, 0.29) is 22.8 Å². The molecule has 0 aliphatic rings. The van der Waals surface area contributed by atoms with Crippen LogP contribution in [0.25, 0.3) is 16.9 Å². The summed E-state index contributed by atoms with van der Waals surface area (Å²) in [5.74, 6) is 0.0937. The van der Waals surface area contributed by atoms with Gasteiger partial charge in [-0.2, -0.15) is 28.1 Å². The second kappa shape index (κ2) is 4.58. The van der Waals surface area contributed by atoms with E-state index in [2.05, 4.69) is 14.6 Å². The molecule has 0 aliphatic carbocycles. The van der Waals surface area contributed by atoms with Gasteiger partial charge in [-0.15, -0.1) is 0 Å². The van der Waals surface area contributed by atoms with Crippen LogP contribution in [0.2, 0.25) is 0 Å². The Labute approximate surface area is 120 Å². The van der Waals surface area contributed by atoms with Crippen LogP contribution >= 0.6 is 11.5 Å². The lowest BCUT2D eigenvalue weighted by atomic mass is 10.1. The van der Waals surface area contributed by atoms with E-state index in [0.717, 1.165) is 16.2 Å². The lowest BCUT2D eigenvalue weighted by Crippen LogP contribution is -2.08. The van der Waals surface area contributed by atoms with Gasteiger partial charge in [0.05, 0.1) is 5.56 Å². The summed E-state index contributed by atoms with van der Waals surface area (Å²) in [4.78, 5) is 0. The van der Waals surface area contributed by atoms with Crippen molar-refractivity contribution in [3.05, 3.63) is 29.5 Å². The number of halogens is 3. The molecule has 0 saturated heterocycles. The number of nitrogens with zero attached hydrogens (tertiary/aromatic N) is 5. The van der Waals surface area contributed by atoms with Crippen LogP contribution in [0, 0.1) is 0 Å². The number of aryl methyl sites for hydroxylation is 1. The van der Waals surface area contributed by atoms with Crippen molar-refractivity contribution in [1.29, 1.82) is 0 Å². The fraction of sp³-hybridized carbons (Fsp3) is 0.182. The summed E-state index contributed by atoms with van der Waals surface area (Å²) < 4.78 is 45.8. The molecule has 0 aliphatic heterocycles. The van der Waals surface area contributed by atoms with E-state index < -0.39 is 11.9 Å². The number of hydrogen-bond acceptors (Lipinski definition) is 5. The van der Waals surface area contributed by atoms with Crippen LogP contribution in [0.4, 0.5) is 19.0 Å². The number of alkyl halides is 3. The van der Waals surface area contributed by atoms with E-state index in [1.807, 2.05) is 0 Å². The largest absolute Gasteiger partial charge is 0.435 e. The fourth-order valence-corrected chi connectivity index (χ4v) is 2.46. The van der Waals surface area contributed by atoms with Gasteiger partial charge in [0.2, 0.25) is 0 Å². The number of aromatic nitrogens is 5. The highest BCUT2D eigenvalue weighted by Crippen LogP contribution is 2.40. The van der Waals surface area contributed by atoms with Gasteiger partial charge in [-0.1, -0.05) is 0 Å². The fourth-order valence-electron chi connectivity index (χ4n) is 1.93. The predicted molar refractivity (Wildman–Crippen MR) is 70.9 cm³/mol. The summed E-state index contributed by atoms with van der Waals surface area (Å²) in [5.41, 5.74) is 4.92. The van der Waals surface area contributed by atoms with Gasteiger partial charge in [0, 0.05) is 36.5 Å². The van der Waals surface area contributed by atoms with E-state index in [4.69, 9.17) is 5.73 Å². The summed E-state index contributed by atoms with van der Waals surface area (Å²) >= 11 is 1.04. The molecule has 0 fully saturated rings. The van der Waals surface area contributed by atoms with Crippen molar-refractivity contribution in [2.24, 2.45) is 7.05 Å². The maximum absolute atomic E-state index is 13.2. The highest BCUT2D eigenvalue weighted by Gasteiger charge is 2.40. The van der Waals surface area contributed by atoms with Crippen molar-refractivity contribution in [3.63, 3.8) is 0 Å². The standard InChI is InChI=1S/C11H9F3N6S/c1-19-3-2-7(17-19)20-10(15)8(6-4-16-21-5-6)9(18-20)11(12,13)14/h2-5H,15H2,1H3. The van der Waals surface area contributed by atoms with Crippen molar-refractivity contribution in [3.8, 4) is 16.9 Å². The number of nitrogen functional groups attached to an aromatic ring is 1. The van der Waals surface area contributed by atoms with Gasteiger partial charge >= 0.3 is 6.18 Å². The molecular formula is C11H9F3N6S. The lowest BCUT2D eigenvalue weighted by molar-refractivity contribution is -0.140. The average Bonchev–Trinajstić information content (AvgIpc) is 3.07. The molecule has 0 unspecified atom stereocenters. The summed E-state index contributed by atoms with van der Waals surface area (Å²) in [6.07, 6.45) is -1.70. The molecule has 0 radical (unpaired) electrons. The van der Waals surface area contributed by atoms with Crippen LogP contribution in [0.5, 0.6) is 0 Å². The number of hydrogen-bond donors (Lipinski definition) is 1. The monoisotopic (exact) mass is 314 g/mol. The van der Waals surface area contributed by atoms with Crippen molar-refractivity contribution in [2.45, 2.75) is 6.18 Å². The van der Waals surface area contributed by atoms with Crippen LogP contribution in [0.3, 0.4) is 0 Å². The third-order valence-electron chi connectivity index (χ3n) is 2.83. The summed E-state index contributed by atoms with van der Waals surface area (Å²) in [6, 6.07) is 1.53. The van der Waals surface area contributed by atoms with Crippen LogP contribution in [0.15, 0.2) is 23.8 Å². The third-order valence-corrected chi connectivity index (χ3v) is 3.41. The number of rotatable bonds is 2. The summed E-state index contributed by atoms with van der Waals surface area (Å²) in [6.45, 7) is 0. The SMILES string of the molecule is Cn1ccc(-n2nc(C(F)(F)F)c(-c3cnsc3)c2N)n1. The second-order valence-corrected chi connectivity index (χ2v) is 4.94. The molecule has 3 rings (SSSR count). The topological polar surface area (TPSA) is 74.5 Å². The first-order chi connectivity index (χ1) is 9.88. The van der Waals surface area contributed by atoms with E-state index in [1.54, 1.807) is 13.2 Å². The number of anilines is 1. The second-order valence-electron chi connectivity index (χ2n) is 4.28. The summed E-state index contributed by atoms with van der Waals surface area (Å²) in [7, 11) is 1.65. The van der Waals surface area contributed by atoms with Crippen molar-refractivity contribution in [2.75, 3.05) is 5.73 Å². The van der Waals surface area contributed by atoms with Gasteiger partial charge in [0.1, 0.15) is 5.82 Å². The molecule has 10 heteroatoms. The normalized spacial score (nSPS) is 12.0. The van der Waals surface area contributed by atoms with Crippen molar-refractivity contribution < 1.29 is 13.2 Å². The third kappa shape index (κ3) is 2.27. The highest BCUT2D eigenvalue weighted by atomic mass is 32.1. The lowest BCUT2D eigenvalue weighted by Gasteiger charge is -2.04. The zero-order valence-corrected chi connectivity index (χ0v) is 11.5. The Morgan fingerprint density at radius 1 is 1.29 bits per heavy atom. The Kier molecular flexibility index (Phi) is 2.97. The molecule has 0 spiro atoms. The van der Waals surface area contributed by atoms with Crippen molar-refractivity contribution >= 4 is 17.4 Å². The zero-order chi connectivity index (χ0) is 15.2.